The van der Waals surface area contributed by atoms with Crippen LogP contribution in [0.25, 0.3) is 0 Å². The van der Waals surface area contributed by atoms with Gasteiger partial charge in [0.1, 0.15) is 12.6 Å². The quantitative estimate of drug-likeness (QED) is 0.247. The minimum absolute atomic E-state index is 0.0550. The van der Waals surface area contributed by atoms with Crippen molar-refractivity contribution < 1.29 is 18.0 Å². The molecule has 3 aromatic rings. The van der Waals surface area contributed by atoms with Crippen molar-refractivity contribution in [2.24, 2.45) is 0 Å². The Bertz CT molecular complexity index is 1420. The molecule has 7 nitrogen and oxygen atoms in total. The maximum atomic E-state index is 14.2. The number of nitrogens with zero attached hydrogens (tertiary/aromatic N) is 2. The standard InChI is InChI=1S/C32H41N3O4S2/c1-7-25(5)33-32(37)30(8-2)34(21-26-12-10-9-11-24(26)4)31(36)22-35(27-15-13-23(3)14-16-27)41(38,39)29-19-17-28(40-6)18-20-29/h9-20,25,30H,7-8,21-22H2,1-6H3,(H,33,37)/t25-,30+/m1/s1. The molecular formula is C32H41N3O4S2. The average molecular weight is 596 g/mol. The van der Waals surface area contributed by atoms with Gasteiger partial charge >= 0.3 is 0 Å². The van der Waals surface area contributed by atoms with Crippen molar-refractivity contribution in [2.75, 3.05) is 17.1 Å². The van der Waals surface area contributed by atoms with Gasteiger partial charge in [0.25, 0.3) is 10.0 Å². The SMILES string of the molecule is CC[C@@H](C)NC(=O)[C@H](CC)N(Cc1ccccc1C)C(=O)CN(c1ccc(C)cc1)S(=O)(=O)c1ccc(SC)cc1. The monoisotopic (exact) mass is 595 g/mol. The van der Waals surface area contributed by atoms with Crippen molar-refractivity contribution in [3.05, 3.63) is 89.5 Å². The number of hydrogen-bond donors (Lipinski definition) is 1. The van der Waals surface area contributed by atoms with Gasteiger partial charge in [0.05, 0.1) is 10.6 Å². The summed E-state index contributed by atoms with van der Waals surface area (Å²) < 4.78 is 29.2. The van der Waals surface area contributed by atoms with E-state index in [9.17, 15) is 18.0 Å². The van der Waals surface area contributed by atoms with Crippen molar-refractivity contribution >= 4 is 39.3 Å². The highest BCUT2D eigenvalue weighted by atomic mass is 32.2. The number of hydrogen-bond acceptors (Lipinski definition) is 5. The number of amides is 2. The van der Waals surface area contributed by atoms with Crippen LogP contribution in [-0.2, 0) is 26.2 Å². The number of rotatable bonds is 13. The zero-order valence-electron chi connectivity index (χ0n) is 24.8. The highest BCUT2D eigenvalue weighted by Crippen LogP contribution is 2.27. The molecule has 0 unspecified atom stereocenters. The lowest BCUT2D eigenvalue weighted by Gasteiger charge is -2.34. The van der Waals surface area contributed by atoms with Crippen LogP contribution in [-0.4, -0.2) is 50.0 Å². The number of anilines is 1. The van der Waals surface area contributed by atoms with E-state index in [0.717, 1.165) is 32.3 Å². The summed E-state index contributed by atoms with van der Waals surface area (Å²) in [4.78, 5) is 30.1. The topological polar surface area (TPSA) is 86.8 Å². The molecule has 2 amide bonds. The minimum atomic E-state index is -4.10. The van der Waals surface area contributed by atoms with Crippen molar-refractivity contribution in [3.8, 4) is 0 Å². The molecule has 0 spiro atoms. The van der Waals surface area contributed by atoms with Crippen molar-refractivity contribution in [3.63, 3.8) is 0 Å². The second-order valence-electron chi connectivity index (χ2n) is 10.2. The van der Waals surface area contributed by atoms with Crippen LogP contribution >= 0.6 is 11.8 Å². The number of thioether (sulfide) groups is 1. The molecule has 3 aromatic carbocycles. The summed E-state index contributed by atoms with van der Waals surface area (Å²) in [6.07, 6.45) is 3.06. The fourth-order valence-corrected chi connectivity index (χ4v) is 6.27. The summed E-state index contributed by atoms with van der Waals surface area (Å²) >= 11 is 1.52. The normalized spacial score (nSPS) is 12.8. The lowest BCUT2D eigenvalue weighted by atomic mass is 10.1. The zero-order chi connectivity index (χ0) is 30.2. The van der Waals surface area contributed by atoms with Crippen molar-refractivity contribution in [2.45, 2.75) is 75.9 Å². The summed E-state index contributed by atoms with van der Waals surface area (Å²) in [5.41, 5.74) is 3.23. The lowest BCUT2D eigenvalue weighted by Crippen LogP contribution is -2.53. The van der Waals surface area contributed by atoms with Gasteiger partial charge in [-0.05, 0) is 87.4 Å². The second-order valence-corrected chi connectivity index (χ2v) is 13.0. The minimum Gasteiger partial charge on any atom is -0.352 e. The molecule has 0 heterocycles. The zero-order valence-corrected chi connectivity index (χ0v) is 26.4. The Morgan fingerprint density at radius 3 is 2.10 bits per heavy atom. The third-order valence-corrected chi connectivity index (χ3v) is 9.77. The molecule has 0 aliphatic rings. The molecule has 9 heteroatoms. The fourth-order valence-electron chi connectivity index (χ4n) is 4.45. The number of aryl methyl sites for hydroxylation is 2. The van der Waals surface area contributed by atoms with Gasteiger partial charge in [-0.3, -0.25) is 13.9 Å². The summed E-state index contributed by atoms with van der Waals surface area (Å²) in [6, 6.07) is 20.6. The lowest BCUT2D eigenvalue weighted by molar-refractivity contribution is -0.140. The molecule has 0 aliphatic carbocycles. The van der Waals surface area contributed by atoms with E-state index in [-0.39, 0.29) is 23.4 Å². The molecule has 0 saturated carbocycles. The fraction of sp³-hybridized carbons (Fsp3) is 0.375. The Morgan fingerprint density at radius 1 is 0.902 bits per heavy atom. The number of carbonyl (C=O) groups excluding carboxylic acids is 2. The highest BCUT2D eigenvalue weighted by Gasteiger charge is 2.34. The largest absolute Gasteiger partial charge is 0.352 e. The molecule has 3 rings (SSSR count). The van der Waals surface area contributed by atoms with E-state index in [0.29, 0.717) is 12.1 Å². The van der Waals surface area contributed by atoms with Crippen LogP contribution in [0.2, 0.25) is 0 Å². The third kappa shape index (κ3) is 8.14. The van der Waals surface area contributed by atoms with E-state index in [1.165, 1.54) is 16.7 Å². The van der Waals surface area contributed by atoms with Crippen LogP contribution < -0.4 is 9.62 Å². The Balaban J connectivity index is 2.06. The molecule has 0 bridgehead atoms. The molecular weight excluding hydrogens is 555 g/mol. The van der Waals surface area contributed by atoms with Crippen molar-refractivity contribution in [1.29, 1.82) is 0 Å². The first-order valence-electron chi connectivity index (χ1n) is 13.9. The second kappa shape index (κ2) is 14.5. The molecule has 1 N–H and O–H groups in total. The van der Waals surface area contributed by atoms with Crippen LogP contribution in [0.3, 0.4) is 0 Å². The summed E-state index contributed by atoms with van der Waals surface area (Å²) in [6.45, 7) is 9.38. The first-order chi connectivity index (χ1) is 19.5. The van der Waals surface area contributed by atoms with Crippen LogP contribution in [0.15, 0.2) is 82.6 Å². The Kier molecular flexibility index (Phi) is 11.4. The maximum Gasteiger partial charge on any atom is 0.264 e. The van der Waals surface area contributed by atoms with Crippen LogP contribution in [0.5, 0.6) is 0 Å². The molecule has 220 valence electrons. The molecule has 0 saturated heterocycles. The number of nitrogens with one attached hydrogen (secondary N) is 1. The van der Waals surface area contributed by atoms with E-state index in [1.807, 2.05) is 77.3 Å². The van der Waals surface area contributed by atoms with Gasteiger partial charge in [0.15, 0.2) is 0 Å². The van der Waals surface area contributed by atoms with Gasteiger partial charge < -0.3 is 10.2 Å². The molecule has 2 atom stereocenters. The molecule has 0 fully saturated rings. The predicted molar refractivity (Wildman–Crippen MR) is 168 cm³/mol. The Morgan fingerprint density at radius 2 is 1.54 bits per heavy atom. The van der Waals surface area contributed by atoms with Crippen molar-refractivity contribution in [1.82, 2.24) is 10.2 Å². The van der Waals surface area contributed by atoms with E-state index in [1.54, 1.807) is 36.4 Å². The third-order valence-electron chi connectivity index (χ3n) is 7.24. The predicted octanol–water partition coefficient (Wildman–Crippen LogP) is 5.94. The summed E-state index contributed by atoms with van der Waals surface area (Å²) in [5.74, 6) is -0.703. The van der Waals surface area contributed by atoms with Gasteiger partial charge in [0, 0.05) is 17.5 Å². The molecule has 41 heavy (non-hydrogen) atoms. The van der Waals surface area contributed by atoms with E-state index >= 15 is 0 Å². The number of sulfonamides is 1. The first kappa shape index (κ1) is 32.2. The number of carbonyl (C=O) groups is 2. The highest BCUT2D eigenvalue weighted by molar-refractivity contribution is 7.98. The smallest absolute Gasteiger partial charge is 0.264 e. The van der Waals surface area contributed by atoms with Crippen LogP contribution in [0, 0.1) is 13.8 Å². The molecule has 0 aromatic heterocycles. The average Bonchev–Trinajstić information content (AvgIpc) is 2.97. The Labute approximate surface area is 249 Å². The van der Waals surface area contributed by atoms with E-state index in [2.05, 4.69) is 5.32 Å². The van der Waals surface area contributed by atoms with E-state index < -0.39 is 28.5 Å². The van der Waals surface area contributed by atoms with Gasteiger partial charge in [-0.2, -0.15) is 0 Å². The van der Waals surface area contributed by atoms with Gasteiger partial charge in [-0.1, -0.05) is 55.8 Å². The first-order valence-corrected chi connectivity index (χ1v) is 16.6. The van der Waals surface area contributed by atoms with Crippen LogP contribution in [0.4, 0.5) is 5.69 Å². The van der Waals surface area contributed by atoms with Crippen LogP contribution in [0.1, 0.15) is 50.3 Å². The molecule has 0 radical (unpaired) electrons. The maximum absolute atomic E-state index is 14.2. The van der Waals surface area contributed by atoms with Gasteiger partial charge in [0.2, 0.25) is 11.8 Å². The molecule has 0 aliphatic heterocycles. The summed E-state index contributed by atoms with van der Waals surface area (Å²) in [5, 5.41) is 3.01. The summed E-state index contributed by atoms with van der Waals surface area (Å²) in [7, 11) is -4.10. The Hall–Kier alpha value is -3.30. The van der Waals surface area contributed by atoms with E-state index in [4.69, 9.17) is 0 Å². The van der Waals surface area contributed by atoms with Gasteiger partial charge in [-0.25, -0.2) is 8.42 Å². The number of benzene rings is 3. The van der Waals surface area contributed by atoms with Gasteiger partial charge in [-0.15, -0.1) is 11.8 Å².